The number of nitrogens with one attached hydrogen (secondary N) is 2. The summed E-state index contributed by atoms with van der Waals surface area (Å²) in [6.45, 7) is 9.95. The molecule has 2 rings (SSSR count). The van der Waals surface area contributed by atoms with Crippen molar-refractivity contribution in [1.82, 2.24) is 10.3 Å². The average molecular weight is 416 g/mol. The Morgan fingerprint density at radius 2 is 1.80 bits per heavy atom. The molecule has 0 aliphatic carbocycles. The highest BCUT2D eigenvalue weighted by Crippen LogP contribution is 2.19. The van der Waals surface area contributed by atoms with Gasteiger partial charge in [-0.1, -0.05) is 24.8 Å². The molecule has 1 heterocycles. The van der Waals surface area contributed by atoms with E-state index in [0.29, 0.717) is 0 Å². The van der Waals surface area contributed by atoms with Gasteiger partial charge in [0.2, 0.25) is 0 Å². The van der Waals surface area contributed by atoms with Crippen molar-refractivity contribution in [2.75, 3.05) is 13.2 Å². The highest BCUT2D eigenvalue weighted by Gasteiger charge is 2.27. The topological polar surface area (TPSA) is 107 Å². The quantitative estimate of drug-likeness (QED) is 0.296. The minimum absolute atomic E-state index is 0.107. The SMILES string of the molecule is C=C(C)C(=O)OCCOC(=O)[C@H](Cc1c[nH]c2ccccc12)NC(=O)OC(C)(C)C. The largest absolute Gasteiger partial charge is 0.461 e. The Hall–Kier alpha value is -3.29. The summed E-state index contributed by atoms with van der Waals surface area (Å²) in [5.74, 6) is -1.22. The van der Waals surface area contributed by atoms with Crippen molar-refractivity contribution in [2.24, 2.45) is 0 Å². The maximum atomic E-state index is 12.6. The van der Waals surface area contributed by atoms with Crippen molar-refractivity contribution in [3.63, 3.8) is 0 Å². The molecule has 0 bridgehead atoms. The molecule has 0 aliphatic rings. The van der Waals surface area contributed by atoms with Crippen LogP contribution in [0.1, 0.15) is 33.3 Å². The summed E-state index contributed by atoms with van der Waals surface area (Å²) in [7, 11) is 0. The lowest BCUT2D eigenvalue weighted by molar-refractivity contribution is -0.151. The normalized spacial score (nSPS) is 12.1. The minimum Gasteiger partial charge on any atom is -0.461 e. The Bertz CT molecular complexity index is 925. The molecule has 0 fully saturated rings. The molecule has 0 saturated heterocycles. The van der Waals surface area contributed by atoms with Gasteiger partial charge in [0.05, 0.1) is 0 Å². The summed E-state index contributed by atoms with van der Waals surface area (Å²) in [5, 5.41) is 3.51. The molecule has 8 heteroatoms. The average Bonchev–Trinajstić information content (AvgIpc) is 3.05. The first-order valence-corrected chi connectivity index (χ1v) is 9.60. The van der Waals surface area contributed by atoms with Gasteiger partial charge in [-0.25, -0.2) is 14.4 Å². The van der Waals surface area contributed by atoms with Crippen LogP contribution in [0.4, 0.5) is 4.79 Å². The van der Waals surface area contributed by atoms with E-state index in [-0.39, 0.29) is 25.2 Å². The number of aromatic amines is 1. The van der Waals surface area contributed by atoms with Gasteiger partial charge in [0.15, 0.2) is 0 Å². The molecule has 1 amide bonds. The zero-order chi connectivity index (χ0) is 22.3. The summed E-state index contributed by atoms with van der Waals surface area (Å²) in [6.07, 6.45) is 1.27. The fraction of sp³-hybridized carbons (Fsp3) is 0.409. The van der Waals surface area contributed by atoms with Crippen molar-refractivity contribution in [3.8, 4) is 0 Å². The zero-order valence-corrected chi connectivity index (χ0v) is 17.7. The predicted octanol–water partition coefficient (Wildman–Crippen LogP) is 3.27. The number of esters is 2. The highest BCUT2D eigenvalue weighted by atomic mass is 16.6. The number of ether oxygens (including phenoxy) is 3. The van der Waals surface area contributed by atoms with Crippen LogP contribution in [0.2, 0.25) is 0 Å². The second kappa shape index (κ2) is 9.96. The van der Waals surface area contributed by atoms with Crippen LogP contribution in [0.5, 0.6) is 0 Å². The number of alkyl carbamates (subject to hydrolysis) is 1. The van der Waals surface area contributed by atoms with Crippen molar-refractivity contribution in [2.45, 2.75) is 45.8 Å². The van der Waals surface area contributed by atoms with Crippen LogP contribution in [0.3, 0.4) is 0 Å². The number of carbonyl (C=O) groups is 3. The second-order valence-corrected chi connectivity index (χ2v) is 7.85. The summed E-state index contributed by atoms with van der Waals surface area (Å²) >= 11 is 0. The van der Waals surface area contributed by atoms with Gasteiger partial charge in [-0.2, -0.15) is 0 Å². The minimum atomic E-state index is -0.976. The molecule has 8 nitrogen and oxygen atoms in total. The van der Waals surface area contributed by atoms with E-state index in [1.807, 2.05) is 24.3 Å². The highest BCUT2D eigenvalue weighted by molar-refractivity contribution is 5.87. The second-order valence-electron chi connectivity index (χ2n) is 7.85. The fourth-order valence-electron chi connectivity index (χ4n) is 2.66. The number of fused-ring (bicyclic) bond motifs is 1. The van der Waals surface area contributed by atoms with E-state index in [1.165, 1.54) is 6.92 Å². The van der Waals surface area contributed by atoms with Gasteiger partial charge in [-0.3, -0.25) is 0 Å². The molecule has 1 aromatic heterocycles. The van der Waals surface area contributed by atoms with Gasteiger partial charge in [-0.15, -0.1) is 0 Å². The first kappa shape index (κ1) is 23.0. The molecular weight excluding hydrogens is 388 g/mol. The Labute approximate surface area is 175 Å². The van der Waals surface area contributed by atoms with Crippen molar-refractivity contribution in [1.29, 1.82) is 0 Å². The first-order valence-electron chi connectivity index (χ1n) is 9.60. The maximum absolute atomic E-state index is 12.6. The molecule has 2 aromatic rings. The smallest absolute Gasteiger partial charge is 0.408 e. The number of H-pyrrole nitrogens is 1. The molecule has 2 N–H and O–H groups in total. The molecule has 162 valence electrons. The Morgan fingerprint density at radius 3 is 2.47 bits per heavy atom. The number of carbonyl (C=O) groups excluding carboxylic acids is 3. The van der Waals surface area contributed by atoms with Gasteiger partial charge in [0, 0.05) is 29.1 Å². The molecule has 1 aromatic carbocycles. The molecule has 0 radical (unpaired) electrons. The lowest BCUT2D eigenvalue weighted by Crippen LogP contribution is -2.45. The van der Waals surface area contributed by atoms with Gasteiger partial charge < -0.3 is 24.5 Å². The number of hydrogen-bond acceptors (Lipinski definition) is 6. The number of hydrogen-bond donors (Lipinski definition) is 2. The maximum Gasteiger partial charge on any atom is 0.408 e. The Balaban J connectivity index is 2.06. The van der Waals surface area contributed by atoms with Gasteiger partial charge in [0.1, 0.15) is 24.9 Å². The fourth-order valence-corrected chi connectivity index (χ4v) is 2.66. The van der Waals surface area contributed by atoms with E-state index < -0.39 is 29.7 Å². The Morgan fingerprint density at radius 1 is 1.13 bits per heavy atom. The van der Waals surface area contributed by atoms with Gasteiger partial charge >= 0.3 is 18.0 Å². The van der Waals surface area contributed by atoms with Gasteiger partial charge in [0.25, 0.3) is 0 Å². The third-order valence-electron chi connectivity index (χ3n) is 3.98. The lowest BCUT2D eigenvalue weighted by atomic mass is 10.1. The molecule has 0 unspecified atom stereocenters. The van der Waals surface area contributed by atoms with Crippen LogP contribution in [0.15, 0.2) is 42.6 Å². The van der Waals surface area contributed by atoms with E-state index in [0.717, 1.165) is 16.5 Å². The van der Waals surface area contributed by atoms with Crippen LogP contribution >= 0.6 is 0 Å². The number of para-hydroxylation sites is 1. The van der Waals surface area contributed by atoms with Crippen LogP contribution < -0.4 is 5.32 Å². The third kappa shape index (κ3) is 6.95. The van der Waals surface area contributed by atoms with Crippen LogP contribution in [-0.4, -0.2) is 47.9 Å². The lowest BCUT2D eigenvalue weighted by Gasteiger charge is -2.23. The zero-order valence-electron chi connectivity index (χ0n) is 17.7. The number of amides is 1. The van der Waals surface area contributed by atoms with Crippen LogP contribution in [0, 0.1) is 0 Å². The standard InChI is InChI=1S/C22H28N2O6/c1-14(2)19(25)28-10-11-29-20(26)18(24-21(27)30-22(3,4)5)12-15-13-23-17-9-7-6-8-16(15)17/h6-9,13,18,23H,1,10-12H2,2-5H3,(H,24,27)/t18-/m0/s1. The van der Waals surface area contributed by atoms with Crippen molar-refractivity contribution >= 4 is 28.9 Å². The molecule has 0 spiro atoms. The van der Waals surface area contributed by atoms with E-state index in [2.05, 4.69) is 16.9 Å². The van der Waals surface area contributed by atoms with E-state index in [1.54, 1.807) is 27.0 Å². The van der Waals surface area contributed by atoms with Crippen molar-refractivity contribution < 1.29 is 28.6 Å². The van der Waals surface area contributed by atoms with E-state index in [9.17, 15) is 14.4 Å². The number of benzene rings is 1. The molecule has 1 atom stereocenters. The number of aromatic nitrogens is 1. The molecule has 0 saturated carbocycles. The molecule has 30 heavy (non-hydrogen) atoms. The molecule has 0 aliphatic heterocycles. The molecular formula is C22H28N2O6. The monoisotopic (exact) mass is 416 g/mol. The summed E-state index contributed by atoms with van der Waals surface area (Å²) in [4.78, 5) is 39.4. The van der Waals surface area contributed by atoms with Crippen molar-refractivity contribution in [3.05, 3.63) is 48.2 Å². The summed E-state index contributed by atoms with van der Waals surface area (Å²) in [6, 6.07) is 6.66. The number of rotatable bonds is 8. The van der Waals surface area contributed by atoms with Crippen LogP contribution in [0.25, 0.3) is 10.9 Å². The summed E-state index contributed by atoms with van der Waals surface area (Å²) < 4.78 is 15.4. The third-order valence-corrected chi connectivity index (χ3v) is 3.98. The van der Waals surface area contributed by atoms with Gasteiger partial charge in [-0.05, 0) is 39.3 Å². The Kier molecular flexibility index (Phi) is 7.63. The van der Waals surface area contributed by atoms with E-state index >= 15 is 0 Å². The summed E-state index contributed by atoms with van der Waals surface area (Å²) in [5.41, 5.74) is 1.31. The van der Waals surface area contributed by atoms with E-state index in [4.69, 9.17) is 14.2 Å². The first-order chi connectivity index (χ1) is 14.1. The van der Waals surface area contributed by atoms with Crippen LogP contribution in [-0.2, 0) is 30.2 Å². The predicted molar refractivity (Wildman–Crippen MR) is 112 cm³/mol.